The van der Waals surface area contributed by atoms with Crippen molar-refractivity contribution in [1.29, 1.82) is 0 Å². The van der Waals surface area contributed by atoms with E-state index in [9.17, 15) is 13.5 Å². The highest BCUT2D eigenvalue weighted by molar-refractivity contribution is 7.87. The summed E-state index contributed by atoms with van der Waals surface area (Å²) in [6.45, 7) is 3.26. The lowest BCUT2D eigenvalue weighted by Crippen LogP contribution is -2.50. The molecule has 0 saturated carbocycles. The van der Waals surface area contributed by atoms with Crippen molar-refractivity contribution in [2.75, 3.05) is 6.61 Å². The lowest BCUT2D eigenvalue weighted by molar-refractivity contribution is -0.0127. The predicted molar refractivity (Wildman–Crippen MR) is 54.7 cm³/mol. The first-order valence-corrected chi connectivity index (χ1v) is 5.64. The fourth-order valence-corrected chi connectivity index (χ4v) is 2.08. The van der Waals surface area contributed by atoms with Gasteiger partial charge in [-0.05, 0) is 6.08 Å². The lowest BCUT2D eigenvalue weighted by Gasteiger charge is -2.31. The average Bonchev–Trinajstić information content (AvgIpc) is 2.15. The van der Waals surface area contributed by atoms with Crippen molar-refractivity contribution in [2.45, 2.75) is 11.0 Å². The summed E-state index contributed by atoms with van der Waals surface area (Å²) in [5, 5.41) is 9.55. The van der Waals surface area contributed by atoms with E-state index in [0.717, 1.165) is 6.08 Å². The zero-order chi connectivity index (χ0) is 11.5. The predicted octanol–water partition coefficient (Wildman–Crippen LogP) is 0.260. The number of ether oxygens (including phenoxy) is 1. The van der Waals surface area contributed by atoms with Gasteiger partial charge in [0.1, 0.15) is 6.10 Å². The van der Waals surface area contributed by atoms with Crippen LogP contribution in [0.25, 0.3) is 0 Å². The van der Waals surface area contributed by atoms with Crippen molar-refractivity contribution in [3.63, 3.8) is 0 Å². The van der Waals surface area contributed by atoms with E-state index >= 15 is 0 Å². The number of aliphatic hydroxyl groups excluding tert-OH is 1. The van der Waals surface area contributed by atoms with Crippen LogP contribution in [0.1, 0.15) is 0 Å². The van der Waals surface area contributed by atoms with Crippen LogP contribution in [-0.4, -0.2) is 35.7 Å². The minimum Gasteiger partial charge on any atom is -0.384 e. The quantitative estimate of drug-likeness (QED) is 0.536. The van der Waals surface area contributed by atoms with Gasteiger partial charge >= 0.3 is 10.1 Å². The molecule has 0 fully saturated rings. The van der Waals surface area contributed by atoms with Crippen LogP contribution in [0.3, 0.4) is 0 Å². The Bertz CT molecular complexity index is 395. The second-order valence-electron chi connectivity index (χ2n) is 2.99. The molecule has 84 valence electrons. The van der Waals surface area contributed by atoms with Crippen LogP contribution in [-0.2, 0) is 14.9 Å². The first kappa shape index (κ1) is 12.1. The second-order valence-corrected chi connectivity index (χ2v) is 4.57. The van der Waals surface area contributed by atoms with Crippen LogP contribution >= 0.6 is 0 Å². The minimum absolute atomic E-state index is 0.102. The first-order chi connectivity index (χ1) is 6.94. The molecular formula is C9H12O5S. The van der Waals surface area contributed by atoms with Crippen molar-refractivity contribution in [2.24, 2.45) is 0 Å². The van der Waals surface area contributed by atoms with E-state index < -0.39 is 21.2 Å². The largest absolute Gasteiger partial charge is 0.384 e. The molecule has 0 aromatic carbocycles. The topological polar surface area (TPSA) is 83.8 Å². The third-order valence-corrected chi connectivity index (χ3v) is 3.28. The smallest absolute Gasteiger partial charge is 0.302 e. The molecule has 15 heavy (non-hydrogen) atoms. The maximum absolute atomic E-state index is 11.2. The van der Waals surface area contributed by atoms with E-state index in [4.69, 9.17) is 9.29 Å². The monoisotopic (exact) mass is 232 g/mol. The maximum atomic E-state index is 11.2. The molecule has 6 heteroatoms. The van der Waals surface area contributed by atoms with E-state index in [0.29, 0.717) is 0 Å². The van der Waals surface area contributed by atoms with Crippen molar-refractivity contribution < 1.29 is 22.8 Å². The molecule has 2 atom stereocenters. The van der Waals surface area contributed by atoms with Crippen LogP contribution < -0.4 is 0 Å². The molecule has 0 amide bonds. The SMILES string of the molecule is C=CCOC1(S(=O)(=O)O)C=CC=CC1O. The van der Waals surface area contributed by atoms with Gasteiger partial charge in [-0.2, -0.15) is 8.42 Å². The van der Waals surface area contributed by atoms with Crippen molar-refractivity contribution in [3.8, 4) is 0 Å². The summed E-state index contributed by atoms with van der Waals surface area (Å²) in [5.41, 5.74) is 0. The molecule has 0 aromatic rings. The Morgan fingerprint density at radius 1 is 1.53 bits per heavy atom. The molecule has 0 aromatic heterocycles. The van der Waals surface area contributed by atoms with Crippen LogP contribution in [0, 0.1) is 0 Å². The van der Waals surface area contributed by atoms with Crippen LogP contribution in [0.2, 0.25) is 0 Å². The molecule has 2 unspecified atom stereocenters. The van der Waals surface area contributed by atoms with Gasteiger partial charge in [0.05, 0.1) is 6.61 Å². The molecule has 5 nitrogen and oxygen atoms in total. The van der Waals surface area contributed by atoms with Gasteiger partial charge in [0.25, 0.3) is 0 Å². The third-order valence-electron chi connectivity index (χ3n) is 1.98. The Morgan fingerprint density at radius 3 is 2.67 bits per heavy atom. The molecule has 0 spiro atoms. The number of aliphatic hydroxyl groups is 1. The second kappa shape index (κ2) is 4.28. The molecule has 1 aliphatic rings. The van der Waals surface area contributed by atoms with Crippen LogP contribution in [0.5, 0.6) is 0 Å². The van der Waals surface area contributed by atoms with E-state index in [2.05, 4.69) is 6.58 Å². The Hall–Kier alpha value is -0.950. The summed E-state index contributed by atoms with van der Waals surface area (Å²) in [7, 11) is -4.57. The van der Waals surface area contributed by atoms with Gasteiger partial charge in [-0.25, -0.2) is 0 Å². The first-order valence-electron chi connectivity index (χ1n) is 4.20. The molecule has 0 radical (unpaired) electrons. The van der Waals surface area contributed by atoms with Gasteiger partial charge in [0.15, 0.2) is 0 Å². The fraction of sp³-hybridized carbons (Fsp3) is 0.333. The number of hydrogen-bond acceptors (Lipinski definition) is 4. The van der Waals surface area contributed by atoms with Crippen LogP contribution in [0.4, 0.5) is 0 Å². The van der Waals surface area contributed by atoms with Gasteiger partial charge in [-0.3, -0.25) is 4.55 Å². The molecule has 2 N–H and O–H groups in total. The highest BCUT2D eigenvalue weighted by atomic mass is 32.2. The van der Waals surface area contributed by atoms with Crippen molar-refractivity contribution in [1.82, 2.24) is 0 Å². The Labute approximate surface area is 88.1 Å². The normalized spacial score (nSPS) is 30.4. The molecular weight excluding hydrogens is 220 g/mol. The maximum Gasteiger partial charge on any atom is 0.302 e. The lowest BCUT2D eigenvalue weighted by atomic mass is 10.1. The highest BCUT2D eigenvalue weighted by Crippen LogP contribution is 2.28. The average molecular weight is 232 g/mol. The summed E-state index contributed by atoms with van der Waals surface area (Å²) >= 11 is 0. The number of rotatable bonds is 4. The van der Waals surface area contributed by atoms with E-state index in [1.54, 1.807) is 0 Å². The Balaban J connectivity index is 3.12. The molecule has 1 aliphatic carbocycles. The minimum atomic E-state index is -4.57. The van der Waals surface area contributed by atoms with Crippen LogP contribution in [0.15, 0.2) is 37.0 Å². The standard InChI is InChI=1S/C9H12O5S/c1-2-7-14-9(15(11,12)13)6-4-3-5-8(9)10/h2-6,8,10H,1,7H2,(H,11,12,13). The molecule has 0 heterocycles. The summed E-state index contributed by atoms with van der Waals surface area (Å²) in [5.74, 6) is 0. The summed E-state index contributed by atoms with van der Waals surface area (Å²) in [6, 6.07) is 0. The molecule has 0 bridgehead atoms. The fourth-order valence-electron chi connectivity index (χ4n) is 1.23. The third kappa shape index (κ3) is 2.18. The zero-order valence-corrected chi connectivity index (χ0v) is 8.72. The van der Waals surface area contributed by atoms with Gasteiger partial charge < -0.3 is 9.84 Å². The van der Waals surface area contributed by atoms with E-state index in [1.165, 1.54) is 24.3 Å². The summed E-state index contributed by atoms with van der Waals surface area (Å²) in [4.78, 5) is -2.13. The highest BCUT2D eigenvalue weighted by Gasteiger charge is 2.48. The zero-order valence-electron chi connectivity index (χ0n) is 7.91. The molecule has 1 rings (SSSR count). The molecule has 0 aliphatic heterocycles. The summed E-state index contributed by atoms with van der Waals surface area (Å²) < 4.78 is 36.4. The Morgan fingerprint density at radius 2 is 2.20 bits per heavy atom. The van der Waals surface area contributed by atoms with E-state index in [1.807, 2.05) is 0 Å². The van der Waals surface area contributed by atoms with Crippen molar-refractivity contribution >= 4 is 10.1 Å². The van der Waals surface area contributed by atoms with Gasteiger partial charge in [0, 0.05) is 0 Å². The van der Waals surface area contributed by atoms with Crippen molar-refractivity contribution in [3.05, 3.63) is 37.0 Å². The summed E-state index contributed by atoms with van der Waals surface area (Å²) in [6.07, 6.45) is 5.03. The molecule has 0 saturated heterocycles. The van der Waals surface area contributed by atoms with Gasteiger partial charge in [0.2, 0.25) is 4.93 Å². The van der Waals surface area contributed by atoms with Gasteiger partial charge in [-0.15, -0.1) is 6.58 Å². The number of allylic oxidation sites excluding steroid dienone is 2. The Kier molecular flexibility index (Phi) is 3.46. The number of hydrogen-bond donors (Lipinski definition) is 2. The van der Waals surface area contributed by atoms with Gasteiger partial charge in [-0.1, -0.05) is 24.3 Å². The van der Waals surface area contributed by atoms with E-state index in [-0.39, 0.29) is 6.61 Å².